The summed E-state index contributed by atoms with van der Waals surface area (Å²) in [5.74, 6) is -0.878. The van der Waals surface area contributed by atoms with Crippen molar-refractivity contribution in [1.82, 2.24) is 0 Å². The Morgan fingerprint density at radius 1 is 1.00 bits per heavy atom. The number of carbonyl (C=O) groups excluding carboxylic acids is 2. The Kier molecular flexibility index (Phi) is 5.64. The first kappa shape index (κ1) is 22.5. The van der Waals surface area contributed by atoms with Gasteiger partial charge in [0.2, 0.25) is 0 Å². The summed E-state index contributed by atoms with van der Waals surface area (Å²) in [5, 5.41) is 11.2. The van der Waals surface area contributed by atoms with Crippen molar-refractivity contribution in [2.45, 2.75) is 13.0 Å². The van der Waals surface area contributed by atoms with E-state index in [0.29, 0.717) is 47.3 Å². The van der Waals surface area contributed by atoms with Crippen LogP contribution < -0.4 is 19.1 Å². The topological polar surface area (TPSA) is 85.3 Å². The van der Waals surface area contributed by atoms with E-state index >= 15 is 0 Å². The minimum atomic E-state index is -0.936. The van der Waals surface area contributed by atoms with Crippen LogP contribution in [0.15, 0.2) is 66.2 Å². The van der Waals surface area contributed by atoms with Gasteiger partial charge in [-0.1, -0.05) is 12.1 Å². The van der Waals surface area contributed by atoms with Gasteiger partial charge in [0.15, 0.2) is 11.5 Å². The van der Waals surface area contributed by atoms with Crippen molar-refractivity contribution in [2.75, 3.05) is 25.2 Å². The fourth-order valence-electron chi connectivity index (χ4n) is 4.33. The number of ketones is 1. The molecule has 1 atom stereocenters. The number of methoxy groups -OCH3 is 1. The Balaban J connectivity index is 1.69. The van der Waals surface area contributed by atoms with Crippen LogP contribution in [0.5, 0.6) is 17.2 Å². The van der Waals surface area contributed by atoms with Crippen LogP contribution in [-0.4, -0.2) is 37.1 Å². The third kappa shape index (κ3) is 3.86. The van der Waals surface area contributed by atoms with Gasteiger partial charge >= 0.3 is 0 Å². The summed E-state index contributed by atoms with van der Waals surface area (Å²) in [5.41, 5.74) is 1.44. The predicted octanol–water partition coefficient (Wildman–Crippen LogP) is 4.54. The number of rotatable bonds is 4. The molecular formula is C27H22FNO6. The molecule has 35 heavy (non-hydrogen) atoms. The summed E-state index contributed by atoms with van der Waals surface area (Å²) in [4.78, 5) is 27.9. The summed E-state index contributed by atoms with van der Waals surface area (Å²) in [7, 11) is 1.53. The second kappa shape index (κ2) is 8.79. The molecule has 1 amide bonds. The number of ether oxygens (including phenoxy) is 3. The predicted molar refractivity (Wildman–Crippen MR) is 126 cm³/mol. The first-order valence-corrected chi connectivity index (χ1v) is 11.0. The summed E-state index contributed by atoms with van der Waals surface area (Å²) in [6.45, 7) is 2.34. The Morgan fingerprint density at radius 2 is 1.71 bits per heavy atom. The minimum Gasteiger partial charge on any atom is -0.507 e. The molecule has 0 aliphatic carbocycles. The molecule has 0 bridgehead atoms. The van der Waals surface area contributed by atoms with Gasteiger partial charge in [0.25, 0.3) is 11.7 Å². The van der Waals surface area contributed by atoms with E-state index in [1.165, 1.54) is 30.2 Å². The van der Waals surface area contributed by atoms with E-state index in [2.05, 4.69) is 0 Å². The largest absolute Gasteiger partial charge is 0.507 e. The highest BCUT2D eigenvalue weighted by atomic mass is 19.1. The number of fused-ring (bicyclic) bond motifs is 1. The Labute approximate surface area is 201 Å². The van der Waals surface area contributed by atoms with E-state index in [-0.39, 0.29) is 16.9 Å². The number of carbonyl (C=O) groups is 2. The zero-order valence-corrected chi connectivity index (χ0v) is 19.1. The fraction of sp³-hybridized carbons (Fsp3) is 0.185. The molecule has 3 aromatic rings. The lowest BCUT2D eigenvalue weighted by Crippen LogP contribution is -2.29. The summed E-state index contributed by atoms with van der Waals surface area (Å²) in [6, 6.07) is 14.9. The monoisotopic (exact) mass is 475 g/mol. The number of anilines is 1. The molecule has 0 aromatic heterocycles. The van der Waals surface area contributed by atoms with Crippen LogP contribution in [0.4, 0.5) is 10.1 Å². The number of aryl methyl sites for hydroxylation is 1. The minimum absolute atomic E-state index is 0.0962. The summed E-state index contributed by atoms with van der Waals surface area (Å²) in [6.07, 6.45) is 0. The molecular weight excluding hydrogens is 453 g/mol. The van der Waals surface area contributed by atoms with Crippen molar-refractivity contribution in [2.24, 2.45) is 0 Å². The maximum absolute atomic E-state index is 13.9. The van der Waals surface area contributed by atoms with Crippen LogP contribution in [-0.2, 0) is 9.59 Å². The Bertz CT molecular complexity index is 1360. The van der Waals surface area contributed by atoms with Crippen molar-refractivity contribution in [3.05, 3.63) is 88.7 Å². The van der Waals surface area contributed by atoms with Crippen LogP contribution >= 0.6 is 0 Å². The highest BCUT2D eigenvalue weighted by Crippen LogP contribution is 2.44. The van der Waals surface area contributed by atoms with Gasteiger partial charge < -0.3 is 19.3 Å². The van der Waals surface area contributed by atoms with Crippen LogP contribution in [0, 0.1) is 12.7 Å². The first-order chi connectivity index (χ1) is 16.9. The van der Waals surface area contributed by atoms with Gasteiger partial charge in [-0.05, 0) is 60.5 Å². The molecule has 2 heterocycles. The van der Waals surface area contributed by atoms with Gasteiger partial charge in [-0.2, -0.15) is 0 Å². The number of amides is 1. The second-order valence-electron chi connectivity index (χ2n) is 8.23. The number of halogens is 1. The molecule has 178 valence electrons. The van der Waals surface area contributed by atoms with E-state index < -0.39 is 23.5 Å². The van der Waals surface area contributed by atoms with Crippen LogP contribution in [0.1, 0.15) is 22.7 Å². The zero-order valence-electron chi connectivity index (χ0n) is 19.1. The van der Waals surface area contributed by atoms with Gasteiger partial charge in [0, 0.05) is 17.3 Å². The van der Waals surface area contributed by atoms with Crippen molar-refractivity contribution in [3.8, 4) is 17.2 Å². The molecule has 1 fully saturated rings. The molecule has 2 aliphatic heterocycles. The lowest BCUT2D eigenvalue weighted by molar-refractivity contribution is -0.132. The standard InChI is InChI=1S/C27H22FNO6/c1-15-13-17(5-9-20(15)28)25(30)23-24(16-3-7-19(33-2)8-4-16)29(27(32)26(23)31)18-6-10-21-22(14-18)35-12-11-34-21/h3-10,13-14,24,30H,11-12H2,1-2H3/b25-23+. The molecule has 1 unspecified atom stereocenters. The lowest BCUT2D eigenvalue weighted by atomic mass is 9.94. The quantitative estimate of drug-likeness (QED) is 0.339. The average Bonchev–Trinajstić information content (AvgIpc) is 3.15. The fourth-order valence-corrected chi connectivity index (χ4v) is 4.33. The lowest BCUT2D eigenvalue weighted by Gasteiger charge is -2.27. The number of Topliss-reactive ketones (excluding diaryl/α,β-unsaturated/α-hetero) is 1. The molecule has 8 heteroatoms. The normalized spacial score (nSPS) is 18.6. The van der Waals surface area contributed by atoms with Gasteiger partial charge in [-0.3, -0.25) is 14.5 Å². The van der Waals surface area contributed by atoms with Gasteiger partial charge in [-0.25, -0.2) is 4.39 Å². The van der Waals surface area contributed by atoms with E-state index in [0.717, 1.165) is 0 Å². The molecule has 5 rings (SSSR count). The molecule has 1 N–H and O–H groups in total. The molecule has 7 nitrogen and oxygen atoms in total. The number of hydrogen-bond acceptors (Lipinski definition) is 6. The van der Waals surface area contributed by atoms with Gasteiger partial charge in [0.1, 0.15) is 30.5 Å². The van der Waals surface area contributed by atoms with Gasteiger partial charge in [-0.15, -0.1) is 0 Å². The van der Waals surface area contributed by atoms with E-state index in [1.807, 2.05) is 0 Å². The molecule has 0 radical (unpaired) electrons. The van der Waals surface area contributed by atoms with E-state index in [4.69, 9.17) is 14.2 Å². The number of aliphatic hydroxyl groups excluding tert-OH is 1. The zero-order chi connectivity index (χ0) is 24.7. The highest BCUT2D eigenvalue weighted by molar-refractivity contribution is 6.51. The van der Waals surface area contributed by atoms with E-state index in [9.17, 15) is 19.1 Å². The average molecular weight is 475 g/mol. The number of nitrogens with zero attached hydrogens (tertiary/aromatic N) is 1. The number of aliphatic hydroxyl groups is 1. The maximum atomic E-state index is 13.9. The Morgan fingerprint density at radius 3 is 2.40 bits per heavy atom. The third-order valence-electron chi connectivity index (χ3n) is 6.11. The van der Waals surface area contributed by atoms with Crippen molar-refractivity contribution < 1.29 is 33.3 Å². The molecule has 0 spiro atoms. The van der Waals surface area contributed by atoms with Crippen LogP contribution in [0.3, 0.4) is 0 Å². The molecule has 0 saturated carbocycles. The third-order valence-corrected chi connectivity index (χ3v) is 6.11. The highest BCUT2D eigenvalue weighted by Gasteiger charge is 2.47. The summed E-state index contributed by atoms with van der Waals surface area (Å²) >= 11 is 0. The molecule has 1 saturated heterocycles. The van der Waals surface area contributed by atoms with Crippen molar-refractivity contribution in [1.29, 1.82) is 0 Å². The van der Waals surface area contributed by atoms with E-state index in [1.54, 1.807) is 49.4 Å². The SMILES string of the molecule is COc1ccc(C2/C(=C(\O)c3ccc(F)c(C)c3)C(=O)C(=O)N2c2ccc3c(c2)OCCO3)cc1. The number of hydrogen-bond donors (Lipinski definition) is 1. The van der Waals surface area contributed by atoms with Gasteiger partial charge in [0.05, 0.1) is 18.7 Å². The van der Waals surface area contributed by atoms with Crippen molar-refractivity contribution in [3.63, 3.8) is 0 Å². The van der Waals surface area contributed by atoms with Crippen LogP contribution in [0.2, 0.25) is 0 Å². The second-order valence-corrected chi connectivity index (χ2v) is 8.23. The van der Waals surface area contributed by atoms with Crippen molar-refractivity contribution >= 4 is 23.1 Å². The molecule has 3 aromatic carbocycles. The maximum Gasteiger partial charge on any atom is 0.300 e. The summed E-state index contributed by atoms with van der Waals surface area (Å²) < 4.78 is 30.3. The van der Waals surface area contributed by atoms with Crippen LogP contribution in [0.25, 0.3) is 5.76 Å². The Hall–Kier alpha value is -4.33. The molecule has 2 aliphatic rings. The smallest absolute Gasteiger partial charge is 0.300 e. The first-order valence-electron chi connectivity index (χ1n) is 11.0. The number of benzene rings is 3.